The Morgan fingerprint density at radius 1 is 1.07 bits per heavy atom. The van der Waals surface area contributed by atoms with E-state index in [0.29, 0.717) is 17.0 Å². The Labute approximate surface area is 174 Å². The van der Waals surface area contributed by atoms with Crippen LogP contribution in [0.5, 0.6) is 17.2 Å². The van der Waals surface area contributed by atoms with Crippen LogP contribution >= 0.6 is 7.82 Å². The predicted molar refractivity (Wildman–Crippen MR) is 111 cm³/mol. The number of aromatic nitrogens is 3. The van der Waals surface area contributed by atoms with Gasteiger partial charge < -0.3 is 14.0 Å². The number of aryl methyl sites for hydroxylation is 1. The van der Waals surface area contributed by atoms with E-state index >= 15 is 0 Å². The molecule has 0 bridgehead atoms. The number of hydrogen-bond donors (Lipinski definition) is 1. The van der Waals surface area contributed by atoms with Crippen LogP contribution in [0.2, 0.25) is 0 Å². The van der Waals surface area contributed by atoms with E-state index in [1.807, 2.05) is 26.0 Å². The molecule has 0 aliphatic heterocycles. The van der Waals surface area contributed by atoms with Crippen molar-refractivity contribution < 1.29 is 28.0 Å². The van der Waals surface area contributed by atoms with Crippen molar-refractivity contribution >= 4 is 7.82 Å². The molecule has 1 aromatic heterocycles. The molecule has 1 unspecified atom stereocenters. The third-order valence-electron chi connectivity index (χ3n) is 4.58. The maximum atomic E-state index is 12.1. The van der Waals surface area contributed by atoms with Gasteiger partial charge in [-0.15, -0.1) is 5.10 Å². The SMILES string of the molecule is CCOP(=O)(O)Oc1cc(-c2cnnn2-c2cc(C)c(C)c(OC)c2)ccc1OC. The number of phosphoric acid groups is 1. The summed E-state index contributed by atoms with van der Waals surface area (Å²) < 4.78 is 34.5. The van der Waals surface area contributed by atoms with Gasteiger partial charge >= 0.3 is 7.82 Å². The van der Waals surface area contributed by atoms with E-state index in [9.17, 15) is 9.46 Å². The summed E-state index contributed by atoms with van der Waals surface area (Å²) in [6.07, 6.45) is 1.59. The Morgan fingerprint density at radius 2 is 1.80 bits per heavy atom. The van der Waals surface area contributed by atoms with Crippen molar-refractivity contribution in [1.29, 1.82) is 0 Å². The Hall–Kier alpha value is -2.87. The number of rotatable bonds is 8. The number of benzene rings is 2. The average molecular weight is 433 g/mol. The minimum Gasteiger partial charge on any atom is -0.496 e. The van der Waals surface area contributed by atoms with Gasteiger partial charge in [-0.1, -0.05) is 5.21 Å². The van der Waals surface area contributed by atoms with Crippen molar-refractivity contribution in [2.75, 3.05) is 20.8 Å². The normalized spacial score (nSPS) is 13.0. The van der Waals surface area contributed by atoms with Gasteiger partial charge in [0.1, 0.15) is 5.75 Å². The van der Waals surface area contributed by atoms with Gasteiger partial charge in [0, 0.05) is 11.6 Å². The van der Waals surface area contributed by atoms with Crippen LogP contribution in [0.3, 0.4) is 0 Å². The van der Waals surface area contributed by atoms with Gasteiger partial charge in [0.2, 0.25) is 0 Å². The molecule has 9 nitrogen and oxygen atoms in total. The molecule has 0 aliphatic rings. The van der Waals surface area contributed by atoms with Gasteiger partial charge in [-0.3, -0.25) is 9.42 Å². The molecule has 30 heavy (non-hydrogen) atoms. The van der Waals surface area contributed by atoms with Crippen LogP contribution in [-0.2, 0) is 9.09 Å². The zero-order valence-electron chi connectivity index (χ0n) is 17.4. The molecule has 1 heterocycles. The first kappa shape index (κ1) is 21.8. The molecule has 0 saturated heterocycles. The van der Waals surface area contributed by atoms with Gasteiger partial charge in [-0.05, 0) is 56.2 Å². The molecule has 2 aromatic carbocycles. The van der Waals surface area contributed by atoms with Crippen LogP contribution in [0.15, 0.2) is 36.5 Å². The Balaban J connectivity index is 2.07. The topological polar surface area (TPSA) is 105 Å². The zero-order valence-corrected chi connectivity index (χ0v) is 18.3. The first-order valence-electron chi connectivity index (χ1n) is 9.21. The van der Waals surface area contributed by atoms with Gasteiger partial charge in [0.25, 0.3) is 0 Å². The van der Waals surface area contributed by atoms with Crippen LogP contribution < -0.4 is 14.0 Å². The molecular formula is C20H24N3O6P. The van der Waals surface area contributed by atoms with Crippen molar-refractivity contribution in [3.63, 3.8) is 0 Å². The fourth-order valence-corrected chi connectivity index (χ4v) is 3.76. The van der Waals surface area contributed by atoms with E-state index in [1.54, 1.807) is 43.1 Å². The number of nitrogens with zero attached hydrogens (tertiary/aromatic N) is 3. The molecule has 3 aromatic rings. The highest BCUT2D eigenvalue weighted by Crippen LogP contribution is 2.47. The lowest BCUT2D eigenvalue weighted by Crippen LogP contribution is -2.03. The zero-order chi connectivity index (χ0) is 21.9. The Kier molecular flexibility index (Phi) is 6.45. The van der Waals surface area contributed by atoms with Crippen LogP contribution in [0.4, 0.5) is 0 Å². The number of ether oxygens (including phenoxy) is 2. The fraction of sp³-hybridized carbons (Fsp3) is 0.300. The van der Waals surface area contributed by atoms with Crippen molar-refractivity contribution in [2.45, 2.75) is 20.8 Å². The van der Waals surface area contributed by atoms with Gasteiger partial charge in [-0.25, -0.2) is 9.25 Å². The molecule has 160 valence electrons. The van der Waals surface area contributed by atoms with Crippen LogP contribution in [-0.4, -0.2) is 40.7 Å². The smallest absolute Gasteiger partial charge is 0.496 e. The number of methoxy groups -OCH3 is 2. The molecule has 0 radical (unpaired) electrons. The molecule has 1 N–H and O–H groups in total. The summed E-state index contributed by atoms with van der Waals surface area (Å²) in [5, 5.41) is 8.23. The van der Waals surface area contributed by atoms with E-state index in [2.05, 4.69) is 10.3 Å². The van der Waals surface area contributed by atoms with E-state index in [4.69, 9.17) is 18.5 Å². The summed E-state index contributed by atoms with van der Waals surface area (Å²) in [5.74, 6) is 1.10. The molecule has 0 fully saturated rings. The highest BCUT2D eigenvalue weighted by Gasteiger charge is 2.25. The van der Waals surface area contributed by atoms with Gasteiger partial charge in [0.15, 0.2) is 11.5 Å². The van der Waals surface area contributed by atoms with Crippen molar-refractivity contribution in [1.82, 2.24) is 15.0 Å². The quantitative estimate of drug-likeness (QED) is 0.530. The van der Waals surface area contributed by atoms with E-state index in [1.165, 1.54) is 7.11 Å². The van der Waals surface area contributed by atoms with E-state index < -0.39 is 7.82 Å². The summed E-state index contributed by atoms with van der Waals surface area (Å²) in [5.41, 5.74) is 4.16. The molecule has 3 rings (SSSR count). The average Bonchev–Trinajstić information content (AvgIpc) is 3.19. The lowest BCUT2D eigenvalue weighted by molar-refractivity contribution is 0.210. The van der Waals surface area contributed by atoms with Gasteiger partial charge in [-0.2, -0.15) is 0 Å². The maximum absolute atomic E-state index is 12.1. The second kappa shape index (κ2) is 8.87. The lowest BCUT2D eigenvalue weighted by atomic mass is 10.1. The second-order valence-electron chi connectivity index (χ2n) is 6.46. The minimum absolute atomic E-state index is 0.0289. The highest BCUT2D eigenvalue weighted by molar-refractivity contribution is 7.47. The lowest BCUT2D eigenvalue weighted by Gasteiger charge is -2.16. The van der Waals surface area contributed by atoms with Crippen molar-refractivity contribution in [3.05, 3.63) is 47.7 Å². The van der Waals surface area contributed by atoms with Crippen LogP contribution in [0.1, 0.15) is 18.1 Å². The summed E-state index contributed by atoms with van der Waals surface area (Å²) >= 11 is 0. The number of hydrogen-bond acceptors (Lipinski definition) is 7. The molecular weight excluding hydrogens is 409 g/mol. The Bertz CT molecular complexity index is 1100. The molecule has 0 saturated carbocycles. The van der Waals surface area contributed by atoms with Crippen molar-refractivity contribution in [3.8, 4) is 34.2 Å². The molecule has 10 heteroatoms. The van der Waals surface area contributed by atoms with E-state index in [0.717, 1.165) is 22.6 Å². The van der Waals surface area contributed by atoms with Crippen LogP contribution in [0.25, 0.3) is 16.9 Å². The molecule has 0 spiro atoms. The van der Waals surface area contributed by atoms with Gasteiger partial charge in [0.05, 0.1) is 38.4 Å². The maximum Gasteiger partial charge on any atom is 0.527 e. The number of phosphoric ester groups is 1. The second-order valence-corrected chi connectivity index (χ2v) is 7.84. The monoisotopic (exact) mass is 433 g/mol. The van der Waals surface area contributed by atoms with E-state index in [-0.39, 0.29) is 12.4 Å². The Morgan fingerprint density at radius 3 is 2.47 bits per heavy atom. The minimum atomic E-state index is -4.28. The highest BCUT2D eigenvalue weighted by atomic mass is 31.2. The van der Waals surface area contributed by atoms with Crippen molar-refractivity contribution in [2.24, 2.45) is 0 Å². The first-order valence-corrected chi connectivity index (χ1v) is 10.7. The third-order valence-corrected chi connectivity index (χ3v) is 5.60. The molecule has 0 aliphatic carbocycles. The standard InChI is InChI=1S/C20H24N3O6P/c1-6-28-30(24,25)29-20-10-15(7-8-18(20)26-4)17-12-21-22-23(17)16-9-13(2)14(3)19(11-16)27-5/h7-12H,6H2,1-5H3,(H,24,25). The molecule has 1 atom stereocenters. The summed E-state index contributed by atoms with van der Waals surface area (Å²) in [6.45, 7) is 5.60. The predicted octanol–water partition coefficient (Wildman–Crippen LogP) is 4.08. The summed E-state index contributed by atoms with van der Waals surface area (Å²) in [6, 6.07) is 8.84. The van der Waals surface area contributed by atoms with Crippen LogP contribution in [0, 0.1) is 13.8 Å². The molecule has 0 amide bonds. The summed E-state index contributed by atoms with van der Waals surface area (Å²) in [7, 11) is -1.22. The third kappa shape index (κ3) is 4.48. The first-order chi connectivity index (χ1) is 14.3. The fourth-order valence-electron chi connectivity index (χ4n) is 2.99. The summed E-state index contributed by atoms with van der Waals surface area (Å²) in [4.78, 5) is 9.87. The largest absolute Gasteiger partial charge is 0.527 e.